The van der Waals surface area contributed by atoms with Gasteiger partial charge in [-0.2, -0.15) is 0 Å². The smallest absolute Gasteiger partial charge is 0.134 e. The van der Waals surface area contributed by atoms with Crippen LogP contribution < -0.4 is 5.32 Å². The first-order valence-corrected chi connectivity index (χ1v) is 6.08. The van der Waals surface area contributed by atoms with E-state index in [0.717, 1.165) is 34.4 Å². The third-order valence-electron chi connectivity index (χ3n) is 3.46. The second-order valence-electron chi connectivity index (χ2n) is 4.55. The topological polar surface area (TPSA) is 34.2 Å². The maximum atomic E-state index is 14.1. The van der Waals surface area contributed by atoms with Gasteiger partial charge in [-0.25, -0.2) is 4.39 Å². The molecule has 0 bridgehead atoms. The number of rotatable bonds is 1. The highest BCUT2D eigenvalue weighted by Crippen LogP contribution is 2.34. The molecule has 0 spiro atoms. The minimum absolute atomic E-state index is 0.235. The number of pyridine rings is 1. The molecule has 2 aromatic rings. The summed E-state index contributed by atoms with van der Waals surface area (Å²) >= 11 is 0. The highest BCUT2D eigenvalue weighted by Gasteiger charge is 2.20. The number of halogens is 1. The molecule has 0 amide bonds. The lowest BCUT2D eigenvalue weighted by Gasteiger charge is -2.21. The van der Waals surface area contributed by atoms with Crippen molar-refractivity contribution in [1.29, 1.82) is 0 Å². The van der Waals surface area contributed by atoms with Gasteiger partial charge in [-0.05, 0) is 18.6 Å². The van der Waals surface area contributed by atoms with Crippen molar-refractivity contribution < 1.29 is 9.13 Å². The van der Waals surface area contributed by atoms with E-state index in [1.807, 2.05) is 14.0 Å². The molecule has 4 heteroatoms. The number of hydrogen-bond acceptors (Lipinski definition) is 3. The molecule has 0 saturated carbocycles. The van der Waals surface area contributed by atoms with Gasteiger partial charge in [0.05, 0.1) is 35.5 Å². The molecule has 1 aliphatic rings. The lowest BCUT2D eigenvalue weighted by molar-refractivity contribution is 0.110. The van der Waals surface area contributed by atoms with Crippen molar-refractivity contribution in [3.8, 4) is 0 Å². The number of ether oxygens (including phenoxy) is 1. The van der Waals surface area contributed by atoms with Gasteiger partial charge in [0.15, 0.2) is 0 Å². The zero-order valence-electron chi connectivity index (χ0n) is 10.5. The Morgan fingerprint density at radius 2 is 2.22 bits per heavy atom. The van der Waals surface area contributed by atoms with Crippen LogP contribution in [0.1, 0.15) is 16.8 Å². The number of nitrogens with one attached hydrogen (secondary N) is 1. The van der Waals surface area contributed by atoms with Crippen LogP contribution in [0.3, 0.4) is 0 Å². The number of aromatic nitrogens is 1. The van der Waals surface area contributed by atoms with Crippen molar-refractivity contribution in [3.63, 3.8) is 0 Å². The van der Waals surface area contributed by atoms with Crippen molar-refractivity contribution >= 4 is 16.6 Å². The molecule has 0 aliphatic carbocycles. The standard InChI is InChI=1S/C14H15FN2O/c1-8-3-4-10(15)12-13(8)17-11-5-6-18-7-9(11)14(12)16-2/h3-4H,5-7H2,1-2H3,(H,16,17). The SMILES string of the molecule is CNc1c2c(nc3c(C)ccc(F)c13)CCOC2. The maximum absolute atomic E-state index is 14.1. The molecule has 94 valence electrons. The molecule has 0 saturated heterocycles. The van der Waals surface area contributed by atoms with E-state index in [9.17, 15) is 4.39 Å². The van der Waals surface area contributed by atoms with Crippen LogP contribution in [0.2, 0.25) is 0 Å². The third kappa shape index (κ3) is 1.56. The lowest BCUT2D eigenvalue weighted by Crippen LogP contribution is -2.15. The average molecular weight is 246 g/mol. The molecule has 2 heterocycles. The average Bonchev–Trinajstić information content (AvgIpc) is 2.41. The van der Waals surface area contributed by atoms with E-state index in [0.29, 0.717) is 18.6 Å². The summed E-state index contributed by atoms with van der Waals surface area (Å²) in [6, 6.07) is 3.27. The summed E-state index contributed by atoms with van der Waals surface area (Å²) in [6.07, 6.45) is 0.788. The van der Waals surface area contributed by atoms with E-state index in [-0.39, 0.29) is 5.82 Å². The van der Waals surface area contributed by atoms with E-state index in [2.05, 4.69) is 10.3 Å². The van der Waals surface area contributed by atoms with Gasteiger partial charge in [-0.15, -0.1) is 0 Å². The van der Waals surface area contributed by atoms with Gasteiger partial charge in [0.1, 0.15) is 5.82 Å². The van der Waals surface area contributed by atoms with E-state index < -0.39 is 0 Å². The molecule has 3 rings (SSSR count). The number of anilines is 1. The minimum Gasteiger partial charge on any atom is -0.387 e. The number of hydrogen-bond donors (Lipinski definition) is 1. The highest BCUT2D eigenvalue weighted by molar-refractivity contribution is 5.95. The van der Waals surface area contributed by atoms with Crippen LogP contribution in [-0.2, 0) is 17.8 Å². The highest BCUT2D eigenvalue weighted by atomic mass is 19.1. The first-order valence-electron chi connectivity index (χ1n) is 6.08. The predicted octanol–water partition coefficient (Wildman–Crippen LogP) is 2.80. The van der Waals surface area contributed by atoms with Crippen LogP contribution in [0.25, 0.3) is 10.9 Å². The number of fused-ring (bicyclic) bond motifs is 2. The van der Waals surface area contributed by atoms with Crippen LogP contribution in [0.15, 0.2) is 12.1 Å². The Hall–Kier alpha value is -1.68. The lowest BCUT2D eigenvalue weighted by atomic mass is 10.0. The first-order chi connectivity index (χ1) is 8.72. The van der Waals surface area contributed by atoms with Crippen molar-refractivity contribution in [1.82, 2.24) is 4.98 Å². The molecule has 0 unspecified atom stereocenters. The maximum Gasteiger partial charge on any atom is 0.134 e. The normalized spacial score (nSPS) is 14.6. The molecule has 0 atom stereocenters. The van der Waals surface area contributed by atoms with E-state index in [1.54, 1.807) is 6.07 Å². The molecular weight excluding hydrogens is 231 g/mol. The van der Waals surface area contributed by atoms with E-state index >= 15 is 0 Å². The fourth-order valence-electron chi connectivity index (χ4n) is 2.53. The van der Waals surface area contributed by atoms with E-state index in [4.69, 9.17) is 4.74 Å². The van der Waals surface area contributed by atoms with Gasteiger partial charge in [-0.3, -0.25) is 4.98 Å². The second kappa shape index (κ2) is 4.21. The summed E-state index contributed by atoms with van der Waals surface area (Å²) in [5.41, 5.74) is 4.57. The van der Waals surface area contributed by atoms with Crippen molar-refractivity contribution in [3.05, 3.63) is 34.8 Å². The third-order valence-corrected chi connectivity index (χ3v) is 3.46. The van der Waals surface area contributed by atoms with Crippen LogP contribution >= 0.6 is 0 Å². The Morgan fingerprint density at radius 3 is 3.00 bits per heavy atom. The summed E-state index contributed by atoms with van der Waals surface area (Å²) < 4.78 is 19.5. The van der Waals surface area contributed by atoms with Gasteiger partial charge in [0.2, 0.25) is 0 Å². The molecule has 1 aliphatic heterocycles. The second-order valence-corrected chi connectivity index (χ2v) is 4.55. The van der Waals surface area contributed by atoms with Gasteiger partial charge >= 0.3 is 0 Å². The minimum atomic E-state index is -0.235. The van der Waals surface area contributed by atoms with Gasteiger partial charge < -0.3 is 10.1 Å². The fraction of sp³-hybridized carbons (Fsp3) is 0.357. The Labute approximate surface area is 105 Å². The molecule has 3 nitrogen and oxygen atoms in total. The zero-order chi connectivity index (χ0) is 12.7. The largest absolute Gasteiger partial charge is 0.387 e. The number of nitrogens with zero attached hydrogens (tertiary/aromatic N) is 1. The Balaban J connectivity index is 2.44. The monoisotopic (exact) mass is 246 g/mol. The molecule has 18 heavy (non-hydrogen) atoms. The molecule has 0 fully saturated rings. The quantitative estimate of drug-likeness (QED) is 0.840. The summed E-state index contributed by atoms with van der Waals surface area (Å²) in [4.78, 5) is 4.62. The Kier molecular flexibility index (Phi) is 2.67. The summed E-state index contributed by atoms with van der Waals surface area (Å²) in [6.45, 7) is 3.14. The predicted molar refractivity (Wildman–Crippen MR) is 69.3 cm³/mol. The molecular formula is C14H15FN2O. The van der Waals surface area contributed by atoms with Crippen molar-refractivity contribution in [2.24, 2.45) is 0 Å². The number of aryl methyl sites for hydroxylation is 1. The number of benzene rings is 1. The Bertz CT molecular complexity index is 625. The van der Waals surface area contributed by atoms with Crippen molar-refractivity contribution in [2.75, 3.05) is 19.0 Å². The fourth-order valence-corrected chi connectivity index (χ4v) is 2.53. The van der Waals surface area contributed by atoms with Crippen molar-refractivity contribution in [2.45, 2.75) is 20.0 Å². The first kappa shape index (κ1) is 11.4. The van der Waals surface area contributed by atoms with Crippen LogP contribution in [0.5, 0.6) is 0 Å². The molecule has 1 aromatic heterocycles. The van der Waals surface area contributed by atoms with Crippen LogP contribution in [0.4, 0.5) is 10.1 Å². The summed E-state index contributed by atoms with van der Waals surface area (Å²) in [5.74, 6) is -0.235. The van der Waals surface area contributed by atoms with Crippen LogP contribution in [0, 0.1) is 12.7 Å². The van der Waals surface area contributed by atoms with Gasteiger partial charge in [-0.1, -0.05) is 6.07 Å². The van der Waals surface area contributed by atoms with Crippen LogP contribution in [-0.4, -0.2) is 18.6 Å². The molecule has 1 aromatic carbocycles. The van der Waals surface area contributed by atoms with Gasteiger partial charge in [0.25, 0.3) is 0 Å². The zero-order valence-corrected chi connectivity index (χ0v) is 10.5. The molecule has 1 N–H and O–H groups in total. The summed E-state index contributed by atoms with van der Waals surface area (Å²) in [7, 11) is 1.81. The van der Waals surface area contributed by atoms with Gasteiger partial charge in [0, 0.05) is 19.0 Å². The molecule has 0 radical (unpaired) electrons. The Morgan fingerprint density at radius 1 is 1.39 bits per heavy atom. The van der Waals surface area contributed by atoms with E-state index in [1.165, 1.54) is 6.07 Å². The summed E-state index contributed by atoms with van der Waals surface area (Å²) in [5, 5.41) is 3.68.